The molecular weight excluding hydrogens is 200 g/mol. The number of fused-ring (bicyclic) bond motifs is 1. The van der Waals surface area contributed by atoms with Crippen molar-refractivity contribution in [2.75, 3.05) is 21.2 Å². The molecule has 0 unspecified atom stereocenters. The van der Waals surface area contributed by atoms with Crippen LogP contribution in [0.15, 0.2) is 23.3 Å². The number of hydrogen-bond acceptors (Lipinski definition) is 3. The predicted molar refractivity (Wildman–Crippen MR) is 66.2 cm³/mol. The van der Waals surface area contributed by atoms with Crippen molar-refractivity contribution in [2.24, 2.45) is 5.10 Å². The molecule has 1 aliphatic rings. The number of benzene rings is 1. The maximum Gasteiger partial charge on any atom is 0.119 e. The molecule has 16 heavy (non-hydrogen) atoms. The van der Waals surface area contributed by atoms with E-state index in [0.29, 0.717) is 0 Å². The van der Waals surface area contributed by atoms with Crippen molar-refractivity contribution in [1.29, 1.82) is 0 Å². The molecule has 1 aromatic rings. The smallest absolute Gasteiger partial charge is 0.119 e. The first kappa shape index (κ1) is 11.0. The second-order valence-electron chi connectivity index (χ2n) is 4.27. The van der Waals surface area contributed by atoms with Gasteiger partial charge in [-0.25, -0.2) is 0 Å². The van der Waals surface area contributed by atoms with Crippen LogP contribution in [-0.2, 0) is 6.42 Å². The van der Waals surface area contributed by atoms with Crippen LogP contribution >= 0.6 is 0 Å². The molecule has 0 bridgehead atoms. The molecule has 0 N–H and O–H groups in total. The molecule has 1 aromatic carbocycles. The van der Waals surface area contributed by atoms with Gasteiger partial charge in [-0.2, -0.15) is 5.10 Å². The van der Waals surface area contributed by atoms with E-state index in [1.807, 2.05) is 25.2 Å². The molecule has 0 radical (unpaired) electrons. The average Bonchev–Trinajstić information content (AvgIpc) is 2.28. The van der Waals surface area contributed by atoms with Gasteiger partial charge in [-0.3, -0.25) is 0 Å². The number of hydrazone groups is 1. The van der Waals surface area contributed by atoms with Gasteiger partial charge in [0.1, 0.15) is 5.75 Å². The molecule has 0 aliphatic heterocycles. The third kappa shape index (κ3) is 2.18. The molecule has 1 aliphatic carbocycles. The first-order valence-corrected chi connectivity index (χ1v) is 5.63. The van der Waals surface area contributed by atoms with Gasteiger partial charge in [0.25, 0.3) is 0 Å². The van der Waals surface area contributed by atoms with Crippen LogP contribution in [0, 0.1) is 0 Å². The molecule has 0 fully saturated rings. The third-order valence-corrected chi connectivity index (χ3v) is 2.81. The first-order valence-electron chi connectivity index (χ1n) is 5.63. The molecule has 0 heterocycles. The lowest BCUT2D eigenvalue weighted by atomic mass is 9.90. The van der Waals surface area contributed by atoms with Crippen LogP contribution in [0.4, 0.5) is 0 Å². The van der Waals surface area contributed by atoms with Gasteiger partial charge in [0.15, 0.2) is 0 Å². The van der Waals surface area contributed by atoms with Gasteiger partial charge < -0.3 is 9.75 Å². The van der Waals surface area contributed by atoms with Crippen LogP contribution in [-0.4, -0.2) is 31.9 Å². The minimum absolute atomic E-state index is 0.909. The molecule has 0 aromatic heterocycles. The lowest BCUT2D eigenvalue weighted by molar-refractivity contribution is 0.414. The number of nitrogens with zero attached hydrogens (tertiary/aromatic N) is 2. The summed E-state index contributed by atoms with van der Waals surface area (Å²) in [6, 6.07) is 6.27. The summed E-state index contributed by atoms with van der Waals surface area (Å²) in [7, 11) is 5.62. The summed E-state index contributed by atoms with van der Waals surface area (Å²) in [4.78, 5) is 0. The van der Waals surface area contributed by atoms with E-state index in [1.54, 1.807) is 7.11 Å². The summed E-state index contributed by atoms with van der Waals surface area (Å²) in [5, 5.41) is 6.41. The van der Waals surface area contributed by atoms with E-state index >= 15 is 0 Å². The second kappa shape index (κ2) is 4.56. The standard InChI is InChI=1S/C13H18N2O/c1-15(2)14-13-6-4-5-10-7-8-11(16-3)9-12(10)13/h7-9H,4-6H2,1-3H3/b14-13-. The van der Waals surface area contributed by atoms with Crippen molar-refractivity contribution in [2.45, 2.75) is 19.3 Å². The van der Waals surface area contributed by atoms with Gasteiger partial charge in [0.05, 0.1) is 12.8 Å². The number of aryl methyl sites for hydroxylation is 1. The Kier molecular flexibility index (Phi) is 3.13. The molecule has 86 valence electrons. The highest BCUT2D eigenvalue weighted by Crippen LogP contribution is 2.25. The molecule has 0 atom stereocenters. The molecular formula is C13H18N2O. The summed E-state index contributed by atoms with van der Waals surface area (Å²) in [6.07, 6.45) is 3.39. The van der Waals surface area contributed by atoms with Crippen LogP contribution in [0.2, 0.25) is 0 Å². The fraction of sp³-hybridized carbons (Fsp3) is 0.462. The van der Waals surface area contributed by atoms with E-state index in [2.05, 4.69) is 17.2 Å². The van der Waals surface area contributed by atoms with Crippen molar-refractivity contribution in [3.8, 4) is 5.75 Å². The quantitative estimate of drug-likeness (QED) is 0.711. The Morgan fingerprint density at radius 1 is 1.25 bits per heavy atom. The van der Waals surface area contributed by atoms with Gasteiger partial charge >= 0.3 is 0 Å². The van der Waals surface area contributed by atoms with E-state index in [1.165, 1.54) is 23.3 Å². The summed E-state index contributed by atoms with van der Waals surface area (Å²) < 4.78 is 5.26. The molecule has 3 nitrogen and oxygen atoms in total. The van der Waals surface area contributed by atoms with Crippen LogP contribution in [0.25, 0.3) is 0 Å². The first-order chi connectivity index (χ1) is 7.70. The zero-order chi connectivity index (χ0) is 11.5. The van der Waals surface area contributed by atoms with E-state index < -0.39 is 0 Å². The van der Waals surface area contributed by atoms with Crippen LogP contribution in [0.1, 0.15) is 24.0 Å². The molecule has 0 saturated heterocycles. The number of methoxy groups -OCH3 is 1. The van der Waals surface area contributed by atoms with Gasteiger partial charge in [-0.05, 0) is 37.0 Å². The highest BCUT2D eigenvalue weighted by molar-refractivity contribution is 6.02. The van der Waals surface area contributed by atoms with E-state index in [-0.39, 0.29) is 0 Å². The van der Waals surface area contributed by atoms with Crippen LogP contribution in [0.3, 0.4) is 0 Å². The highest BCUT2D eigenvalue weighted by Gasteiger charge is 2.16. The minimum Gasteiger partial charge on any atom is -0.497 e. The Balaban J connectivity index is 2.43. The molecule has 0 spiro atoms. The zero-order valence-corrected chi connectivity index (χ0v) is 10.2. The molecule has 2 rings (SSSR count). The summed E-state index contributed by atoms with van der Waals surface area (Å²) in [6.45, 7) is 0. The second-order valence-corrected chi connectivity index (χ2v) is 4.27. The Hall–Kier alpha value is -1.51. The van der Waals surface area contributed by atoms with E-state index in [4.69, 9.17) is 4.74 Å². The maximum absolute atomic E-state index is 5.26. The number of rotatable bonds is 2. The van der Waals surface area contributed by atoms with Crippen molar-refractivity contribution in [3.05, 3.63) is 29.3 Å². The SMILES string of the molecule is COc1ccc2c(c1)/C(=N\N(C)C)CCC2. The van der Waals surface area contributed by atoms with E-state index in [9.17, 15) is 0 Å². The molecule has 0 amide bonds. The lowest BCUT2D eigenvalue weighted by Crippen LogP contribution is -2.16. The zero-order valence-electron chi connectivity index (χ0n) is 10.2. The molecule has 0 saturated carbocycles. The van der Waals surface area contributed by atoms with Gasteiger partial charge in [-0.1, -0.05) is 6.07 Å². The Morgan fingerprint density at radius 2 is 2.06 bits per heavy atom. The molecule has 3 heteroatoms. The van der Waals surface area contributed by atoms with Crippen molar-refractivity contribution >= 4 is 5.71 Å². The van der Waals surface area contributed by atoms with Gasteiger partial charge in [0, 0.05) is 19.7 Å². The Morgan fingerprint density at radius 3 is 2.75 bits per heavy atom. The predicted octanol–water partition coefficient (Wildman–Crippen LogP) is 2.30. The summed E-state index contributed by atoms with van der Waals surface area (Å²) in [5.74, 6) is 0.909. The Labute approximate surface area is 96.7 Å². The number of hydrogen-bond donors (Lipinski definition) is 0. The van der Waals surface area contributed by atoms with Gasteiger partial charge in [0.2, 0.25) is 0 Å². The van der Waals surface area contributed by atoms with Crippen LogP contribution < -0.4 is 4.74 Å². The normalized spacial score (nSPS) is 17.1. The Bertz CT molecular complexity index is 410. The summed E-state index contributed by atoms with van der Waals surface area (Å²) in [5.41, 5.74) is 3.80. The highest BCUT2D eigenvalue weighted by atomic mass is 16.5. The number of ether oxygens (including phenoxy) is 1. The average molecular weight is 218 g/mol. The van der Waals surface area contributed by atoms with Crippen molar-refractivity contribution < 1.29 is 4.74 Å². The monoisotopic (exact) mass is 218 g/mol. The lowest BCUT2D eigenvalue weighted by Gasteiger charge is -2.20. The van der Waals surface area contributed by atoms with Crippen molar-refractivity contribution in [3.63, 3.8) is 0 Å². The van der Waals surface area contributed by atoms with E-state index in [0.717, 1.165) is 18.6 Å². The fourth-order valence-corrected chi connectivity index (χ4v) is 2.10. The maximum atomic E-state index is 5.26. The van der Waals surface area contributed by atoms with Gasteiger partial charge in [-0.15, -0.1) is 0 Å². The largest absolute Gasteiger partial charge is 0.497 e. The van der Waals surface area contributed by atoms with Crippen molar-refractivity contribution in [1.82, 2.24) is 5.01 Å². The third-order valence-electron chi connectivity index (χ3n) is 2.81. The topological polar surface area (TPSA) is 24.8 Å². The minimum atomic E-state index is 0.909. The van der Waals surface area contributed by atoms with Crippen LogP contribution in [0.5, 0.6) is 5.75 Å². The summed E-state index contributed by atoms with van der Waals surface area (Å²) >= 11 is 0. The fourth-order valence-electron chi connectivity index (χ4n) is 2.10.